The van der Waals surface area contributed by atoms with Crippen LogP contribution in [0.15, 0.2) is 18.2 Å². The van der Waals surface area contributed by atoms with E-state index < -0.39 is 12.3 Å². The molecule has 1 aromatic rings. The van der Waals surface area contributed by atoms with Crippen LogP contribution in [0.2, 0.25) is 0 Å². The monoisotopic (exact) mass is 466 g/mol. The highest BCUT2D eigenvalue weighted by molar-refractivity contribution is 7.80. The molecule has 0 radical (unpaired) electrons. The number of piperazine rings is 2. The number of thiocarbonyl (C=S) groups is 1. The van der Waals surface area contributed by atoms with Crippen LogP contribution < -0.4 is 25.8 Å². The van der Waals surface area contributed by atoms with Crippen LogP contribution in [0, 0.1) is 5.82 Å². The number of halogens is 1. The smallest absolute Gasteiger partial charge is 0.414 e. The first-order chi connectivity index (χ1) is 15.5. The van der Waals surface area contributed by atoms with Crippen molar-refractivity contribution in [3.63, 3.8) is 0 Å². The summed E-state index contributed by atoms with van der Waals surface area (Å²) in [6.45, 7) is 7.02. The number of carbonyl (C=O) groups is 1. The molecule has 3 heterocycles. The number of aliphatic hydroxyl groups is 1. The zero-order valence-corrected chi connectivity index (χ0v) is 19.0. The second-order valence-corrected chi connectivity index (χ2v) is 8.72. The van der Waals surface area contributed by atoms with Gasteiger partial charge in [0.2, 0.25) is 0 Å². The molecule has 3 fully saturated rings. The van der Waals surface area contributed by atoms with E-state index in [4.69, 9.17) is 17.0 Å². The summed E-state index contributed by atoms with van der Waals surface area (Å²) in [5.74, 6) is -0.366. The van der Waals surface area contributed by atoms with E-state index in [1.165, 1.54) is 11.0 Å². The van der Waals surface area contributed by atoms with Gasteiger partial charge in [-0.05, 0) is 24.6 Å². The highest BCUT2D eigenvalue weighted by Gasteiger charge is 2.34. The molecule has 4 N–H and O–H groups in total. The van der Waals surface area contributed by atoms with Crippen LogP contribution in [0.25, 0.3) is 0 Å². The summed E-state index contributed by atoms with van der Waals surface area (Å²) in [7, 11) is 0. The van der Waals surface area contributed by atoms with Gasteiger partial charge in [0.05, 0.1) is 29.5 Å². The number of rotatable bonds is 6. The largest absolute Gasteiger partial charge is 0.442 e. The fourth-order valence-electron chi connectivity index (χ4n) is 4.34. The topological polar surface area (TPSA) is 92.3 Å². The number of cyclic esters (lactones) is 1. The molecule has 9 nitrogen and oxygen atoms in total. The molecule has 0 aliphatic carbocycles. The van der Waals surface area contributed by atoms with Crippen LogP contribution in [0.1, 0.15) is 13.3 Å². The Labute approximate surface area is 192 Å². The van der Waals surface area contributed by atoms with Gasteiger partial charge in [0.25, 0.3) is 0 Å². The Kier molecular flexibility index (Phi) is 7.41. The molecular formula is C21H31FN6O3S. The van der Waals surface area contributed by atoms with Crippen molar-refractivity contribution in [2.75, 3.05) is 62.2 Å². The van der Waals surface area contributed by atoms with E-state index in [0.29, 0.717) is 50.6 Å². The molecule has 3 saturated heterocycles. The van der Waals surface area contributed by atoms with E-state index >= 15 is 0 Å². The predicted molar refractivity (Wildman–Crippen MR) is 124 cm³/mol. The predicted octanol–water partition coefficient (Wildman–Crippen LogP) is 0.437. The number of nitrogens with one attached hydrogen (secondary N) is 3. The van der Waals surface area contributed by atoms with E-state index in [-0.39, 0.29) is 18.1 Å². The number of aliphatic hydroxyl groups excluding tert-OH is 1. The molecule has 1 unspecified atom stereocenters. The number of benzene rings is 1. The number of hydrogen-bond donors (Lipinski definition) is 4. The zero-order valence-electron chi connectivity index (χ0n) is 18.2. The van der Waals surface area contributed by atoms with Gasteiger partial charge >= 0.3 is 6.09 Å². The third-order valence-corrected chi connectivity index (χ3v) is 6.58. The van der Waals surface area contributed by atoms with Crippen molar-refractivity contribution >= 4 is 34.7 Å². The van der Waals surface area contributed by atoms with Gasteiger partial charge in [-0.15, -0.1) is 0 Å². The molecule has 3 aliphatic heterocycles. The van der Waals surface area contributed by atoms with E-state index in [2.05, 4.69) is 20.9 Å². The fourth-order valence-corrected chi connectivity index (χ4v) is 4.43. The molecule has 0 spiro atoms. The van der Waals surface area contributed by atoms with E-state index in [0.717, 1.165) is 24.5 Å². The zero-order chi connectivity index (χ0) is 22.7. The lowest BCUT2D eigenvalue weighted by atomic mass is 10.2. The van der Waals surface area contributed by atoms with Crippen LogP contribution in [0.4, 0.5) is 20.6 Å². The van der Waals surface area contributed by atoms with Gasteiger partial charge in [-0.2, -0.15) is 0 Å². The summed E-state index contributed by atoms with van der Waals surface area (Å²) < 4.78 is 20.4. The fraction of sp³-hybridized carbons (Fsp3) is 0.619. The lowest BCUT2D eigenvalue weighted by Crippen LogP contribution is -2.66. The number of carbonyl (C=O) groups excluding carboxylic acids is 1. The van der Waals surface area contributed by atoms with Gasteiger partial charge < -0.3 is 20.1 Å². The number of amides is 1. The van der Waals surface area contributed by atoms with Crippen molar-refractivity contribution in [3.8, 4) is 0 Å². The summed E-state index contributed by atoms with van der Waals surface area (Å²) in [6.07, 6.45) is -0.820. The third-order valence-electron chi connectivity index (χ3n) is 6.14. The summed E-state index contributed by atoms with van der Waals surface area (Å²) in [4.78, 5) is 18.6. The van der Waals surface area contributed by atoms with Crippen LogP contribution in [0.5, 0.6) is 0 Å². The van der Waals surface area contributed by atoms with Crippen LogP contribution in [0.3, 0.4) is 0 Å². The van der Waals surface area contributed by atoms with E-state index in [1.54, 1.807) is 12.1 Å². The SMILES string of the molecule is CCC(=S)NC[C@H]1CN(c2ccc(N3CCN(C4NCCN[C@H]4O)CC3)c(F)c2)C(=O)O1. The maximum Gasteiger partial charge on any atom is 0.414 e. The van der Waals surface area contributed by atoms with Crippen molar-refractivity contribution in [3.05, 3.63) is 24.0 Å². The maximum absolute atomic E-state index is 15.0. The van der Waals surface area contributed by atoms with Gasteiger partial charge in [-0.3, -0.25) is 20.4 Å². The highest BCUT2D eigenvalue weighted by Crippen LogP contribution is 2.28. The number of ether oxygens (including phenoxy) is 1. The molecule has 1 amide bonds. The molecular weight excluding hydrogens is 435 g/mol. The number of nitrogens with zero attached hydrogens (tertiary/aromatic N) is 3. The Balaban J connectivity index is 1.35. The molecule has 3 aliphatic rings. The molecule has 0 aromatic heterocycles. The van der Waals surface area contributed by atoms with Gasteiger partial charge in [0.15, 0.2) is 0 Å². The Morgan fingerprint density at radius 3 is 2.72 bits per heavy atom. The summed E-state index contributed by atoms with van der Waals surface area (Å²) in [5.41, 5.74) is 0.999. The molecule has 4 rings (SSSR count). The molecule has 3 atom stereocenters. The molecule has 0 bridgehead atoms. The Morgan fingerprint density at radius 1 is 1.28 bits per heavy atom. The highest BCUT2D eigenvalue weighted by atomic mass is 32.1. The van der Waals surface area contributed by atoms with Crippen molar-refractivity contribution in [1.29, 1.82) is 0 Å². The molecule has 32 heavy (non-hydrogen) atoms. The first kappa shape index (κ1) is 23.1. The van der Waals surface area contributed by atoms with Crippen molar-refractivity contribution in [2.24, 2.45) is 0 Å². The lowest BCUT2D eigenvalue weighted by Gasteiger charge is -2.43. The van der Waals surface area contributed by atoms with Gasteiger partial charge in [0.1, 0.15) is 24.3 Å². The Bertz CT molecular complexity index is 838. The van der Waals surface area contributed by atoms with Crippen molar-refractivity contribution in [1.82, 2.24) is 20.9 Å². The lowest BCUT2D eigenvalue weighted by molar-refractivity contribution is -0.00881. The van der Waals surface area contributed by atoms with Crippen LogP contribution >= 0.6 is 12.2 Å². The van der Waals surface area contributed by atoms with Gasteiger partial charge in [-0.1, -0.05) is 19.1 Å². The standard InChI is InChI=1S/C21H31FN6O3S/c1-2-18(32)25-12-15-13-28(21(30)31-15)14-3-4-17(16(22)11-14)26-7-9-27(10-8-26)19-20(29)24-6-5-23-19/h3-4,11,15,19-20,23-24,29H,2,5-10,12-13H2,1H3,(H,25,32)/t15-,19?,20-/m0/s1. The van der Waals surface area contributed by atoms with Gasteiger partial charge in [-0.25, -0.2) is 9.18 Å². The Morgan fingerprint density at radius 2 is 2.03 bits per heavy atom. The van der Waals surface area contributed by atoms with Gasteiger partial charge in [0, 0.05) is 39.3 Å². The Hall–Kier alpha value is -2.05. The average Bonchev–Trinajstić information content (AvgIpc) is 3.18. The van der Waals surface area contributed by atoms with Crippen molar-refractivity contribution in [2.45, 2.75) is 31.8 Å². The minimum atomic E-state index is -0.608. The second kappa shape index (κ2) is 10.3. The quantitative estimate of drug-likeness (QED) is 0.446. The normalized spacial score (nSPS) is 26.8. The first-order valence-corrected chi connectivity index (χ1v) is 11.6. The minimum Gasteiger partial charge on any atom is -0.442 e. The number of anilines is 2. The molecule has 176 valence electrons. The summed E-state index contributed by atoms with van der Waals surface area (Å²) in [5, 5.41) is 19.6. The number of hydrogen-bond acceptors (Lipinski definition) is 8. The average molecular weight is 467 g/mol. The minimum absolute atomic E-state index is 0.131. The molecule has 11 heteroatoms. The van der Waals surface area contributed by atoms with Crippen LogP contribution in [-0.2, 0) is 4.74 Å². The summed E-state index contributed by atoms with van der Waals surface area (Å²) in [6, 6.07) is 4.88. The second-order valence-electron chi connectivity index (χ2n) is 8.23. The molecule has 1 aromatic carbocycles. The maximum atomic E-state index is 15.0. The van der Waals surface area contributed by atoms with E-state index in [9.17, 15) is 14.3 Å². The van der Waals surface area contributed by atoms with Crippen LogP contribution in [-0.4, -0.2) is 91.9 Å². The molecule has 0 saturated carbocycles. The first-order valence-electron chi connectivity index (χ1n) is 11.1. The summed E-state index contributed by atoms with van der Waals surface area (Å²) >= 11 is 5.14. The van der Waals surface area contributed by atoms with E-state index in [1.807, 2.05) is 11.8 Å². The van der Waals surface area contributed by atoms with Crippen molar-refractivity contribution < 1.29 is 19.0 Å². The third kappa shape index (κ3) is 5.12.